The van der Waals surface area contributed by atoms with E-state index in [-0.39, 0.29) is 29.6 Å². The maximum absolute atomic E-state index is 14.0. The fraction of sp³-hybridized carbons (Fsp3) is 0.310. The third-order valence-electron chi connectivity index (χ3n) is 6.22. The number of hydrogen-bond donors (Lipinski definition) is 1. The van der Waals surface area contributed by atoms with Gasteiger partial charge in [-0.2, -0.15) is 0 Å². The van der Waals surface area contributed by atoms with Crippen LogP contribution in [0.5, 0.6) is 0 Å². The Labute approximate surface area is 244 Å². The molecule has 1 unspecified atom stereocenters. The van der Waals surface area contributed by atoms with Gasteiger partial charge in [0.05, 0.1) is 17.0 Å². The summed E-state index contributed by atoms with van der Waals surface area (Å²) >= 11 is 12.3. The van der Waals surface area contributed by atoms with Crippen molar-refractivity contribution < 1.29 is 22.4 Å². The Balaban J connectivity index is 2.04. The molecule has 0 aliphatic heterocycles. The summed E-state index contributed by atoms with van der Waals surface area (Å²) < 4.78 is 40.2. The van der Waals surface area contributed by atoms with Crippen LogP contribution < -0.4 is 9.62 Å². The van der Waals surface area contributed by atoms with Gasteiger partial charge in [0.2, 0.25) is 21.8 Å². The molecular weight excluding hydrogens is 576 g/mol. The lowest BCUT2D eigenvalue weighted by molar-refractivity contribution is -0.140. The number of anilines is 1. The number of unbranched alkanes of at least 4 members (excludes halogenated alkanes) is 1. The number of carbonyl (C=O) groups excluding carboxylic acids is 2. The molecule has 0 aliphatic carbocycles. The van der Waals surface area contributed by atoms with Crippen molar-refractivity contribution in [3.05, 3.63) is 99.8 Å². The van der Waals surface area contributed by atoms with Crippen LogP contribution in [0.25, 0.3) is 0 Å². The Bertz CT molecular complexity index is 1410. The summed E-state index contributed by atoms with van der Waals surface area (Å²) in [6, 6.07) is 18.1. The molecule has 0 aliphatic rings. The van der Waals surface area contributed by atoms with E-state index in [1.807, 2.05) is 37.3 Å². The second-order valence-electron chi connectivity index (χ2n) is 9.36. The third-order valence-corrected chi connectivity index (χ3v) is 7.89. The van der Waals surface area contributed by atoms with E-state index in [1.165, 1.54) is 47.4 Å². The van der Waals surface area contributed by atoms with Crippen LogP contribution in [-0.2, 0) is 32.6 Å². The van der Waals surface area contributed by atoms with Crippen molar-refractivity contribution in [2.75, 3.05) is 23.7 Å². The van der Waals surface area contributed by atoms with Crippen LogP contribution in [0.3, 0.4) is 0 Å². The molecule has 214 valence electrons. The first kappa shape index (κ1) is 31.4. The summed E-state index contributed by atoms with van der Waals surface area (Å²) in [6.07, 6.45) is 2.78. The number of nitrogens with zero attached hydrogens (tertiary/aromatic N) is 2. The number of hydrogen-bond acceptors (Lipinski definition) is 4. The van der Waals surface area contributed by atoms with Gasteiger partial charge in [-0.3, -0.25) is 13.9 Å². The molecule has 0 saturated heterocycles. The van der Waals surface area contributed by atoms with Crippen molar-refractivity contribution >= 4 is 50.7 Å². The first-order valence-electron chi connectivity index (χ1n) is 12.8. The molecular formula is C29H32Cl2FN3O4S. The highest BCUT2D eigenvalue weighted by molar-refractivity contribution is 7.92. The normalized spacial score (nSPS) is 12.0. The lowest BCUT2D eigenvalue weighted by Crippen LogP contribution is -2.53. The maximum Gasteiger partial charge on any atom is 0.244 e. The van der Waals surface area contributed by atoms with E-state index in [9.17, 15) is 22.4 Å². The van der Waals surface area contributed by atoms with Gasteiger partial charge in [-0.05, 0) is 47.9 Å². The zero-order chi connectivity index (χ0) is 29.3. The van der Waals surface area contributed by atoms with Gasteiger partial charge in [0, 0.05) is 24.5 Å². The van der Waals surface area contributed by atoms with Crippen LogP contribution in [0.1, 0.15) is 30.9 Å². The summed E-state index contributed by atoms with van der Waals surface area (Å²) in [4.78, 5) is 28.8. The molecule has 11 heteroatoms. The first-order chi connectivity index (χ1) is 19.0. The Hall–Kier alpha value is -3.14. The van der Waals surface area contributed by atoms with Gasteiger partial charge in [0.1, 0.15) is 18.4 Å². The molecule has 0 saturated carbocycles. The zero-order valence-electron chi connectivity index (χ0n) is 22.3. The minimum absolute atomic E-state index is 0.0500. The van der Waals surface area contributed by atoms with Gasteiger partial charge < -0.3 is 10.2 Å². The van der Waals surface area contributed by atoms with Crippen LogP contribution in [0.4, 0.5) is 10.1 Å². The number of rotatable bonds is 13. The van der Waals surface area contributed by atoms with E-state index in [4.69, 9.17) is 23.2 Å². The number of carbonyl (C=O) groups is 2. The summed E-state index contributed by atoms with van der Waals surface area (Å²) in [7, 11) is -3.97. The van der Waals surface area contributed by atoms with Crippen molar-refractivity contribution in [2.45, 2.75) is 38.8 Å². The topological polar surface area (TPSA) is 86.8 Å². The number of amides is 2. The minimum atomic E-state index is -3.97. The van der Waals surface area contributed by atoms with Gasteiger partial charge in [-0.25, -0.2) is 12.8 Å². The largest absolute Gasteiger partial charge is 0.354 e. The first-order valence-corrected chi connectivity index (χ1v) is 15.4. The zero-order valence-corrected chi connectivity index (χ0v) is 24.6. The second kappa shape index (κ2) is 14.5. The van der Waals surface area contributed by atoms with Crippen LogP contribution in [0.2, 0.25) is 10.0 Å². The van der Waals surface area contributed by atoms with Crippen molar-refractivity contribution in [2.24, 2.45) is 0 Å². The average molecular weight is 609 g/mol. The van der Waals surface area contributed by atoms with E-state index >= 15 is 0 Å². The van der Waals surface area contributed by atoms with E-state index < -0.39 is 34.3 Å². The van der Waals surface area contributed by atoms with Crippen molar-refractivity contribution in [3.63, 3.8) is 0 Å². The van der Waals surface area contributed by atoms with Crippen LogP contribution >= 0.6 is 23.2 Å². The predicted octanol–water partition coefficient (Wildman–Crippen LogP) is 5.45. The van der Waals surface area contributed by atoms with Crippen molar-refractivity contribution in [3.8, 4) is 0 Å². The summed E-state index contributed by atoms with van der Waals surface area (Å²) in [5.74, 6) is -1.45. The van der Waals surface area contributed by atoms with Crippen molar-refractivity contribution in [1.29, 1.82) is 0 Å². The Morgan fingerprint density at radius 1 is 0.975 bits per heavy atom. The average Bonchev–Trinajstić information content (AvgIpc) is 2.90. The molecule has 0 fully saturated rings. The molecule has 0 radical (unpaired) electrons. The molecule has 3 rings (SSSR count). The maximum atomic E-state index is 14.0. The number of sulfonamides is 1. The highest BCUT2D eigenvalue weighted by Crippen LogP contribution is 2.30. The summed E-state index contributed by atoms with van der Waals surface area (Å²) in [5.41, 5.74) is 1.47. The molecule has 0 heterocycles. The van der Waals surface area contributed by atoms with E-state index in [0.717, 1.165) is 29.0 Å². The van der Waals surface area contributed by atoms with Gasteiger partial charge in [-0.15, -0.1) is 0 Å². The highest BCUT2D eigenvalue weighted by Gasteiger charge is 2.33. The smallest absolute Gasteiger partial charge is 0.244 e. The molecule has 1 atom stereocenters. The molecule has 1 N–H and O–H groups in total. The van der Waals surface area contributed by atoms with E-state index in [2.05, 4.69) is 5.32 Å². The molecule has 7 nitrogen and oxygen atoms in total. The molecule has 2 amide bonds. The van der Waals surface area contributed by atoms with Gasteiger partial charge in [0.15, 0.2) is 0 Å². The Morgan fingerprint density at radius 3 is 2.25 bits per heavy atom. The van der Waals surface area contributed by atoms with Crippen LogP contribution in [0.15, 0.2) is 72.8 Å². The van der Waals surface area contributed by atoms with Crippen LogP contribution in [-0.4, -0.2) is 50.5 Å². The lowest BCUT2D eigenvalue weighted by atomic mass is 10.0. The molecule has 0 aromatic heterocycles. The Morgan fingerprint density at radius 2 is 1.65 bits per heavy atom. The lowest BCUT2D eigenvalue weighted by Gasteiger charge is -2.33. The fourth-order valence-electron chi connectivity index (χ4n) is 4.12. The summed E-state index contributed by atoms with van der Waals surface area (Å²) in [6.45, 7) is 1.76. The quantitative estimate of drug-likeness (QED) is 0.262. The Kier molecular flexibility index (Phi) is 11.4. The van der Waals surface area contributed by atoms with Gasteiger partial charge in [0.25, 0.3) is 0 Å². The SMILES string of the molecule is CCCCNC(=O)C(Cc1ccccc1)N(Cc1ccc(F)cc1)C(=O)CN(c1ccc(Cl)cc1Cl)S(C)(=O)=O. The molecule has 40 heavy (non-hydrogen) atoms. The standard InChI is InChI=1S/C29H32Cl2FN3O4S/c1-3-4-16-33-29(37)27(17-21-8-6-5-7-9-21)34(19-22-10-13-24(32)14-11-22)28(36)20-35(40(2,38)39)26-15-12-23(30)18-25(26)31/h5-15,18,27H,3-4,16-17,19-20H2,1-2H3,(H,33,37). The third kappa shape index (κ3) is 8.94. The molecule has 0 spiro atoms. The molecule has 3 aromatic carbocycles. The predicted molar refractivity (Wildman–Crippen MR) is 157 cm³/mol. The number of halogens is 3. The van der Waals surface area contributed by atoms with Crippen LogP contribution in [0, 0.1) is 5.82 Å². The highest BCUT2D eigenvalue weighted by atomic mass is 35.5. The molecule has 3 aromatic rings. The summed E-state index contributed by atoms with van der Waals surface area (Å²) in [5, 5.41) is 3.26. The van der Waals surface area contributed by atoms with Gasteiger partial charge in [-0.1, -0.05) is 79.0 Å². The molecule has 0 bridgehead atoms. The fourth-order valence-corrected chi connectivity index (χ4v) is 5.55. The van der Waals surface area contributed by atoms with Crippen molar-refractivity contribution in [1.82, 2.24) is 10.2 Å². The number of benzene rings is 3. The van der Waals surface area contributed by atoms with E-state index in [0.29, 0.717) is 17.1 Å². The van der Waals surface area contributed by atoms with E-state index in [1.54, 1.807) is 0 Å². The number of nitrogens with one attached hydrogen (secondary N) is 1. The monoisotopic (exact) mass is 607 g/mol. The minimum Gasteiger partial charge on any atom is -0.354 e. The second-order valence-corrected chi connectivity index (χ2v) is 12.1. The van der Waals surface area contributed by atoms with Gasteiger partial charge >= 0.3 is 0 Å².